The van der Waals surface area contributed by atoms with E-state index < -0.39 is 19.4 Å². The fourth-order valence-corrected chi connectivity index (χ4v) is 4.62. The molecule has 0 radical (unpaired) electrons. The van der Waals surface area contributed by atoms with Crippen LogP contribution in [0, 0.1) is 0 Å². The molecule has 0 bridgehead atoms. The monoisotopic (exact) mass is 542 g/mol. The smallest absolute Gasteiger partial charge is 0.435 e. The maximum atomic E-state index is 11.6. The van der Waals surface area contributed by atoms with E-state index in [-0.39, 0.29) is 19.8 Å². The zero-order valence-corrected chi connectivity index (χ0v) is 23.9. The Hall–Kier alpha value is -1.24. The van der Waals surface area contributed by atoms with Gasteiger partial charge in [-0.05, 0) is 12.0 Å². The number of ether oxygens (including phenoxy) is 2. The van der Waals surface area contributed by atoms with Crippen LogP contribution in [0.2, 0.25) is 0 Å². The van der Waals surface area contributed by atoms with E-state index in [0.717, 1.165) is 18.4 Å². The van der Waals surface area contributed by atoms with Crippen molar-refractivity contribution in [1.82, 2.24) is 0 Å². The molecule has 0 aliphatic heterocycles. The third kappa shape index (κ3) is 19.5. The number of hydrogen-bond donors (Lipinski definition) is 2. The lowest BCUT2D eigenvalue weighted by molar-refractivity contribution is -0.0466. The Morgan fingerprint density at radius 1 is 0.784 bits per heavy atom. The largest absolute Gasteiger partial charge is 0.472 e. The molecular weight excluding hydrogens is 491 g/mol. The van der Waals surface area contributed by atoms with E-state index in [2.05, 4.69) is 6.92 Å². The van der Waals surface area contributed by atoms with Gasteiger partial charge >= 0.3 is 13.3 Å². The average molecular weight is 543 g/mol. The van der Waals surface area contributed by atoms with Crippen LogP contribution in [0.3, 0.4) is 0 Å². The predicted octanol–water partition coefficient (Wildman–Crippen LogP) is 8.73. The highest BCUT2D eigenvalue weighted by molar-refractivity contribution is 7.70. The molecule has 7 nitrogen and oxygen atoms in total. The van der Waals surface area contributed by atoms with Crippen molar-refractivity contribution in [2.45, 2.75) is 122 Å². The summed E-state index contributed by atoms with van der Waals surface area (Å²) in [4.78, 5) is 20.2. The van der Waals surface area contributed by atoms with Crippen molar-refractivity contribution in [3.8, 4) is 0 Å². The van der Waals surface area contributed by atoms with Gasteiger partial charge in [0.25, 0.3) is 0 Å². The molecule has 37 heavy (non-hydrogen) atoms. The topological polar surface area (TPSA) is 102 Å². The third-order valence-electron chi connectivity index (χ3n) is 6.45. The summed E-state index contributed by atoms with van der Waals surface area (Å²) in [6, 6.07) is 9.50. The van der Waals surface area contributed by atoms with Crippen LogP contribution < -0.4 is 0 Å². The maximum absolute atomic E-state index is 11.6. The summed E-state index contributed by atoms with van der Waals surface area (Å²) in [5, 5.41) is 8.79. The molecular formula is C29H51O7P. The minimum Gasteiger partial charge on any atom is -0.472 e. The first-order valence-corrected chi connectivity index (χ1v) is 16.0. The molecule has 0 aromatic heterocycles. The van der Waals surface area contributed by atoms with Gasteiger partial charge in [0, 0.05) is 6.61 Å². The lowest BCUT2D eigenvalue weighted by atomic mass is 10.0. The number of hydrogen-bond acceptors (Lipinski definition) is 5. The van der Waals surface area contributed by atoms with Crippen LogP contribution in [0.4, 0.5) is 4.79 Å². The normalized spacial score (nSPS) is 13.9. The summed E-state index contributed by atoms with van der Waals surface area (Å²) in [6.07, 6.45) is 20.4. The van der Waals surface area contributed by atoms with Gasteiger partial charge in [-0.15, -0.1) is 0 Å². The molecule has 0 saturated heterocycles. The van der Waals surface area contributed by atoms with Gasteiger partial charge in [0.15, 0.2) is 0 Å². The summed E-state index contributed by atoms with van der Waals surface area (Å²) in [7, 11) is -4.71. The first-order chi connectivity index (χ1) is 18.0. The van der Waals surface area contributed by atoms with E-state index in [0.29, 0.717) is 6.61 Å². The number of carboxylic acid groups (broad SMARTS) is 1. The van der Waals surface area contributed by atoms with Gasteiger partial charge in [-0.25, -0.2) is 9.36 Å². The molecule has 1 rings (SSSR count). The van der Waals surface area contributed by atoms with E-state index in [9.17, 15) is 14.3 Å². The van der Waals surface area contributed by atoms with E-state index >= 15 is 0 Å². The minimum absolute atomic E-state index is 0.172. The van der Waals surface area contributed by atoms with Crippen LogP contribution in [0.1, 0.15) is 115 Å². The summed E-state index contributed by atoms with van der Waals surface area (Å²) in [5.41, 5.74) is -0.931. The maximum Gasteiger partial charge on any atom is 0.435 e. The Balaban J connectivity index is 2.04. The number of benzene rings is 1. The lowest BCUT2D eigenvalue weighted by Crippen LogP contribution is -2.26. The molecule has 1 aromatic rings. The van der Waals surface area contributed by atoms with Crippen LogP contribution in [-0.2, 0) is 25.2 Å². The SMILES string of the molecule is CCCCCCCCCCCCCCCCCCOC[C@H](COP(=O)(O)C(=O)O)OCc1ccccc1. The van der Waals surface area contributed by atoms with Gasteiger partial charge < -0.3 is 19.5 Å². The summed E-state index contributed by atoms with van der Waals surface area (Å²) in [6.45, 7) is 2.96. The van der Waals surface area contributed by atoms with Crippen molar-refractivity contribution in [3.63, 3.8) is 0 Å². The Morgan fingerprint density at radius 2 is 1.27 bits per heavy atom. The first-order valence-electron chi connectivity index (χ1n) is 14.4. The molecule has 1 aromatic carbocycles. The molecule has 0 spiro atoms. The zero-order valence-electron chi connectivity index (χ0n) is 23.0. The third-order valence-corrected chi connectivity index (χ3v) is 7.43. The molecule has 0 saturated carbocycles. The van der Waals surface area contributed by atoms with Gasteiger partial charge in [-0.3, -0.25) is 4.52 Å². The summed E-state index contributed by atoms with van der Waals surface area (Å²) < 4.78 is 27.8. The van der Waals surface area contributed by atoms with Crippen molar-refractivity contribution < 1.29 is 33.4 Å². The predicted molar refractivity (Wildman–Crippen MR) is 149 cm³/mol. The van der Waals surface area contributed by atoms with Crippen LogP contribution in [0.5, 0.6) is 0 Å². The standard InChI is InChI=1S/C29H51O7P/c1-2-3-4-5-6-7-8-9-10-11-12-13-14-15-16-20-23-34-25-28(26-36-37(32,33)29(30)31)35-24-27-21-18-17-19-22-27/h17-19,21-22,28H,2-16,20,23-26H2,1H3,(H,30,31)(H,32,33)/t28-/m1/s1. The van der Waals surface area contributed by atoms with E-state index in [1.807, 2.05) is 30.3 Å². The molecule has 0 heterocycles. The second-order valence-corrected chi connectivity index (χ2v) is 11.6. The lowest BCUT2D eigenvalue weighted by Gasteiger charge is -2.19. The van der Waals surface area contributed by atoms with Gasteiger partial charge in [0.2, 0.25) is 0 Å². The molecule has 1 unspecified atom stereocenters. The van der Waals surface area contributed by atoms with Crippen LogP contribution in [-0.4, -0.2) is 41.6 Å². The Morgan fingerprint density at radius 3 is 1.76 bits per heavy atom. The Kier molecular flexibility index (Phi) is 20.7. The van der Waals surface area contributed by atoms with Gasteiger partial charge in [0.1, 0.15) is 6.10 Å². The highest BCUT2D eigenvalue weighted by Gasteiger charge is 2.31. The molecule has 0 fully saturated rings. The number of carbonyl (C=O) groups is 1. The van der Waals surface area contributed by atoms with E-state index in [1.165, 1.54) is 89.9 Å². The fourth-order valence-electron chi connectivity index (χ4n) is 4.14. The Labute approximate surface area is 224 Å². The van der Waals surface area contributed by atoms with Gasteiger partial charge in [0.05, 0.1) is 19.8 Å². The highest BCUT2D eigenvalue weighted by Crippen LogP contribution is 2.42. The number of rotatable bonds is 26. The fraction of sp³-hybridized carbons (Fsp3) is 0.759. The van der Waals surface area contributed by atoms with Crippen LogP contribution in [0.25, 0.3) is 0 Å². The second-order valence-electron chi connectivity index (χ2n) is 9.90. The molecule has 2 atom stereocenters. The van der Waals surface area contributed by atoms with E-state index in [4.69, 9.17) is 19.1 Å². The molecule has 214 valence electrons. The van der Waals surface area contributed by atoms with Gasteiger partial charge in [-0.2, -0.15) is 0 Å². The molecule has 0 aliphatic carbocycles. The highest BCUT2D eigenvalue weighted by atomic mass is 31.2. The quantitative estimate of drug-likeness (QED) is 0.0891. The average Bonchev–Trinajstić information content (AvgIpc) is 2.89. The minimum atomic E-state index is -4.71. The van der Waals surface area contributed by atoms with Crippen molar-refractivity contribution in [2.24, 2.45) is 0 Å². The summed E-state index contributed by atoms with van der Waals surface area (Å²) >= 11 is 0. The molecule has 8 heteroatoms. The molecule has 2 N–H and O–H groups in total. The first kappa shape index (κ1) is 33.8. The van der Waals surface area contributed by atoms with Crippen LogP contribution >= 0.6 is 7.60 Å². The van der Waals surface area contributed by atoms with Crippen molar-refractivity contribution in [1.29, 1.82) is 0 Å². The second kappa shape index (κ2) is 22.7. The Bertz CT molecular complexity index is 713. The molecule has 0 aliphatic rings. The van der Waals surface area contributed by atoms with Crippen molar-refractivity contribution in [3.05, 3.63) is 35.9 Å². The van der Waals surface area contributed by atoms with E-state index in [1.54, 1.807) is 0 Å². The van der Waals surface area contributed by atoms with Crippen molar-refractivity contribution >= 4 is 13.3 Å². The zero-order chi connectivity index (χ0) is 27.0. The van der Waals surface area contributed by atoms with Crippen molar-refractivity contribution in [2.75, 3.05) is 19.8 Å². The number of unbranched alkanes of at least 4 members (excludes halogenated alkanes) is 15. The van der Waals surface area contributed by atoms with Crippen LogP contribution in [0.15, 0.2) is 30.3 Å². The van der Waals surface area contributed by atoms with Gasteiger partial charge in [-0.1, -0.05) is 134 Å². The summed E-state index contributed by atoms with van der Waals surface area (Å²) in [5.74, 6) is 0. The molecule has 0 amide bonds.